The number of hydrogen-bond donors (Lipinski definition) is 2. The zero-order chi connectivity index (χ0) is 28.6. The van der Waals surface area contributed by atoms with Gasteiger partial charge in [0, 0.05) is 0 Å². The lowest BCUT2D eigenvalue weighted by molar-refractivity contribution is -0.902. The standard InChI is InChI=1S/2C14H22FN2O2.2ClH/c2*1-17(2,11-15)8-9-19-14(18)13(16)10-12-6-4-3-5-7-12;;/h2*3-7,13H,8-11,16H2,1-2H3;2*1H/q2*+1;;/p-2/t2*13-;;/m00../s1. The van der Waals surface area contributed by atoms with Crippen LogP contribution in [0, 0.1) is 0 Å². The molecule has 2 aromatic carbocycles. The number of ether oxygens (including phenoxy) is 2. The Labute approximate surface area is 249 Å². The number of hydrogen-bond acceptors (Lipinski definition) is 6. The zero-order valence-electron chi connectivity index (χ0n) is 23.8. The molecule has 0 heterocycles. The Hall–Kier alpha value is -2.34. The molecule has 2 aromatic rings. The number of nitrogens with two attached hydrogens (primary N) is 2. The molecule has 0 saturated carbocycles. The van der Waals surface area contributed by atoms with E-state index in [2.05, 4.69) is 0 Å². The van der Waals surface area contributed by atoms with Crippen molar-refractivity contribution in [1.82, 2.24) is 0 Å². The normalized spacial score (nSPS) is 12.4. The molecule has 0 bridgehead atoms. The summed E-state index contributed by atoms with van der Waals surface area (Å²) in [5.74, 6) is -0.884. The van der Waals surface area contributed by atoms with Gasteiger partial charge in [-0.3, -0.25) is 18.6 Å². The number of nitrogens with zero attached hydrogens (tertiary/aromatic N) is 2. The van der Waals surface area contributed by atoms with Crippen LogP contribution < -0.4 is 36.3 Å². The van der Waals surface area contributed by atoms with Crippen molar-refractivity contribution in [1.29, 1.82) is 0 Å². The average molecular weight is 610 g/mol. The molecule has 2 atom stereocenters. The smallest absolute Gasteiger partial charge is 0.323 e. The van der Waals surface area contributed by atoms with E-state index >= 15 is 0 Å². The maximum Gasteiger partial charge on any atom is 0.323 e. The lowest BCUT2D eigenvalue weighted by Crippen LogP contribution is -3.00. The van der Waals surface area contributed by atoms with Gasteiger partial charge in [0.25, 0.3) is 0 Å². The summed E-state index contributed by atoms with van der Waals surface area (Å²) in [5.41, 5.74) is 13.5. The summed E-state index contributed by atoms with van der Waals surface area (Å²) < 4.78 is 35.6. The third-order valence-corrected chi connectivity index (χ3v) is 5.73. The monoisotopic (exact) mass is 608 g/mol. The predicted octanol–water partition coefficient (Wildman–Crippen LogP) is -3.79. The van der Waals surface area contributed by atoms with Crippen molar-refractivity contribution in [2.24, 2.45) is 11.5 Å². The summed E-state index contributed by atoms with van der Waals surface area (Å²) in [4.78, 5) is 23.3. The Morgan fingerprint density at radius 2 is 0.975 bits per heavy atom. The van der Waals surface area contributed by atoms with Crippen molar-refractivity contribution in [2.45, 2.75) is 24.9 Å². The summed E-state index contributed by atoms with van der Waals surface area (Å²) in [6.45, 7) is 0.234. The van der Waals surface area contributed by atoms with Crippen molar-refractivity contribution in [3.05, 3.63) is 71.8 Å². The van der Waals surface area contributed by atoms with Crippen LogP contribution in [0.4, 0.5) is 8.78 Å². The molecule has 0 fully saturated rings. The van der Waals surface area contributed by atoms with Gasteiger partial charge in [0.15, 0.2) is 0 Å². The zero-order valence-corrected chi connectivity index (χ0v) is 25.3. The molecule has 2 rings (SSSR count). The molecule has 8 nitrogen and oxygen atoms in total. The van der Waals surface area contributed by atoms with E-state index in [1.54, 1.807) is 28.2 Å². The molecular formula is C28H44Cl2F2N4O4. The van der Waals surface area contributed by atoms with Crippen molar-refractivity contribution in [3.8, 4) is 0 Å². The second-order valence-corrected chi connectivity index (χ2v) is 10.5. The van der Waals surface area contributed by atoms with E-state index in [0.717, 1.165) is 11.1 Å². The second-order valence-electron chi connectivity index (χ2n) is 10.5. The first-order valence-corrected chi connectivity index (χ1v) is 12.6. The van der Waals surface area contributed by atoms with Gasteiger partial charge >= 0.3 is 11.9 Å². The minimum absolute atomic E-state index is 0. The van der Waals surface area contributed by atoms with E-state index in [-0.39, 0.29) is 47.0 Å². The summed E-state index contributed by atoms with van der Waals surface area (Å²) in [7, 11) is 6.94. The fourth-order valence-corrected chi connectivity index (χ4v) is 3.02. The predicted molar refractivity (Wildman–Crippen MR) is 144 cm³/mol. The Balaban J connectivity index is 0. The molecule has 0 spiro atoms. The Morgan fingerprint density at radius 3 is 1.25 bits per heavy atom. The van der Waals surface area contributed by atoms with Crippen molar-refractivity contribution in [2.75, 3.05) is 68.1 Å². The Kier molecular flexibility index (Phi) is 20.4. The second kappa shape index (κ2) is 20.5. The van der Waals surface area contributed by atoms with E-state index in [0.29, 0.717) is 25.9 Å². The highest BCUT2D eigenvalue weighted by atomic mass is 35.5. The molecule has 0 aliphatic carbocycles. The van der Waals surface area contributed by atoms with Crippen LogP contribution >= 0.6 is 0 Å². The van der Waals surface area contributed by atoms with E-state index in [9.17, 15) is 18.4 Å². The molecule has 40 heavy (non-hydrogen) atoms. The molecule has 0 aliphatic rings. The van der Waals surface area contributed by atoms with Gasteiger partial charge in [-0.25, -0.2) is 0 Å². The van der Waals surface area contributed by atoms with Crippen LogP contribution in [0.5, 0.6) is 0 Å². The highest BCUT2D eigenvalue weighted by Crippen LogP contribution is 2.05. The molecule has 228 valence electrons. The number of likely N-dealkylation sites (N-methyl/N-ethyl adjacent to an activating group) is 2. The van der Waals surface area contributed by atoms with Gasteiger partial charge in [-0.15, -0.1) is 0 Å². The van der Waals surface area contributed by atoms with Gasteiger partial charge in [0.05, 0.1) is 28.2 Å². The Morgan fingerprint density at radius 1 is 0.675 bits per heavy atom. The van der Waals surface area contributed by atoms with E-state index in [1.165, 1.54) is 0 Å². The van der Waals surface area contributed by atoms with Crippen molar-refractivity contribution < 1.29 is 61.6 Å². The number of carbonyl (C=O) groups excluding carboxylic acids is 2. The number of halogens is 4. The first-order valence-electron chi connectivity index (χ1n) is 12.6. The van der Waals surface area contributed by atoms with Gasteiger partial charge in [0.1, 0.15) is 38.4 Å². The summed E-state index contributed by atoms with van der Waals surface area (Å²) in [6, 6.07) is 17.7. The fourth-order valence-electron chi connectivity index (χ4n) is 3.02. The van der Waals surface area contributed by atoms with Crippen LogP contribution in [-0.4, -0.2) is 101 Å². The van der Waals surface area contributed by atoms with Gasteiger partial charge in [-0.2, -0.15) is 8.78 Å². The van der Waals surface area contributed by atoms with Gasteiger partial charge in [0.2, 0.25) is 13.6 Å². The lowest BCUT2D eigenvalue weighted by Gasteiger charge is -2.25. The summed E-state index contributed by atoms with van der Waals surface area (Å²) in [5, 5.41) is 0. The van der Waals surface area contributed by atoms with Gasteiger partial charge in [-0.05, 0) is 24.0 Å². The van der Waals surface area contributed by atoms with E-state index < -0.39 is 37.6 Å². The molecule has 0 aliphatic heterocycles. The Bertz CT molecular complexity index is 880. The van der Waals surface area contributed by atoms with E-state index in [4.69, 9.17) is 20.9 Å². The number of benzene rings is 2. The average Bonchev–Trinajstić information content (AvgIpc) is 2.90. The first kappa shape index (κ1) is 39.8. The topological polar surface area (TPSA) is 105 Å². The number of quaternary nitrogens is 2. The number of rotatable bonds is 14. The summed E-state index contributed by atoms with van der Waals surface area (Å²) in [6.07, 6.45) is 0.891. The minimum Gasteiger partial charge on any atom is -1.00 e. The molecule has 4 N–H and O–H groups in total. The van der Waals surface area contributed by atoms with Gasteiger partial charge in [-0.1, -0.05) is 60.7 Å². The minimum atomic E-state index is -0.677. The third-order valence-electron chi connectivity index (χ3n) is 5.73. The van der Waals surface area contributed by atoms with Crippen molar-refractivity contribution >= 4 is 11.9 Å². The van der Waals surface area contributed by atoms with Crippen LogP contribution in [-0.2, 0) is 31.9 Å². The molecule has 0 amide bonds. The number of alkyl halides is 2. The molecule has 0 aromatic heterocycles. The molecular weight excluding hydrogens is 565 g/mol. The van der Waals surface area contributed by atoms with Crippen molar-refractivity contribution in [3.63, 3.8) is 0 Å². The molecule has 0 unspecified atom stereocenters. The SMILES string of the molecule is C[N+](C)(CF)CCOC(=O)[C@@H](N)Cc1ccccc1.C[N+](C)(CF)CCOC(=O)[C@@H](N)Cc1ccccc1.[Cl-].[Cl-]. The maximum atomic E-state index is 12.5. The number of carbonyl (C=O) groups is 2. The molecule has 0 radical (unpaired) electrons. The van der Waals surface area contributed by atoms with E-state index in [1.807, 2.05) is 60.7 Å². The van der Waals surface area contributed by atoms with Crippen LogP contribution in [0.3, 0.4) is 0 Å². The number of esters is 2. The van der Waals surface area contributed by atoms with Crippen LogP contribution in [0.25, 0.3) is 0 Å². The first-order chi connectivity index (χ1) is 17.9. The maximum absolute atomic E-state index is 12.5. The largest absolute Gasteiger partial charge is 1.00 e. The third kappa shape index (κ3) is 17.4. The fraction of sp³-hybridized carbons (Fsp3) is 0.500. The van der Waals surface area contributed by atoms with Crippen LogP contribution in [0.1, 0.15) is 11.1 Å². The van der Waals surface area contributed by atoms with Crippen LogP contribution in [0.2, 0.25) is 0 Å². The summed E-state index contributed by atoms with van der Waals surface area (Å²) >= 11 is 0. The molecule has 0 saturated heterocycles. The lowest BCUT2D eigenvalue weighted by atomic mass is 10.1. The molecule has 12 heteroatoms. The highest BCUT2D eigenvalue weighted by molar-refractivity contribution is 5.76. The van der Waals surface area contributed by atoms with Crippen LogP contribution in [0.15, 0.2) is 60.7 Å². The van der Waals surface area contributed by atoms with Gasteiger partial charge < -0.3 is 45.8 Å². The highest BCUT2D eigenvalue weighted by Gasteiger charge is 2.20. The quantitative estimate of drug-likeness (QED) is 0.130.